The molecule has 3 rings (SSSR count). The number of hydrogen-bond acceptors (Lipinski definition) is 5. The highest BCUT2D eigenvalue weighted by molar-refractivity contribution is 6.64. The van der Waals surface area contributed by atoms with Gasteiger partial charge in [-0.1, -0.05) is 30.3 Å². The molecule has 1 unspecified atom stereocenters. The minimum Gasteiger partial charge on any atom is -0.493 e. The van der Waals surface area contributed by atoms with Crippen LogP contribution < -0.4 is 9.47 Å². The lowest BCUT2D eigenvalue weighted by Gasteiger charge is -2.19. The van der Waals surface area contributed by atoms with Gasteiger partial charge in [-0.3, -0.25) is 14.6 Å². The Morgan fingerprint density at radius 3 is 2.38 bits per heavy atom. The molecule has 0 bridgehead atoms. The largest absolute Gasteiger partial charge is 0.493 e. The maximum absolute atomic E-state index is 12.6. The van der Waals surface area contributed by atoms with Crippen LogP contribution in [0.5, 0.6) is 11.5 Å². The van der Waals surface area contributed by atoms with Crippen molar-refractivity contribution in [2.45, 2.75) is 11.8 Å². The van der Waals surface area contributed by atoms with Gasteiger partial charge in [0, 0.05) is 17.7 Å². The third kappa shape index (κ3) is 3.35. The maximum Gasteiger partial charge on any atom is 0.209 e. The van der Waals surface area contributed by atoms with E-state index < -0.39 is 5.38 Å². The number of ketones is 2. The first-order chi connectivity index (χ1) is 12.6. The lowest BCUT2D eigenvalue weighted by molar-refractivity contribution is 0.0967. The van der Waals surface area contributed by atoms with Crippen LogP contribution in [0.25, 0.3) is 0 Å². The van der Waals surface area contributed by atoms with Crippen LogP contribution >= 0.6 is 11.6 Å². The number of halogens is 1. The van der Waals surface area contributed by atoms with Gasteiger partial charge in [-0.05, 0) is 24.1 Å². The van der Waals surface area contributed by atoms with Gasteiger partial charge in [0.15, 0.2) is 17.3 Å². The summed E-state index contributed by atoms with van der Waals surface area (Å²) < 4.78 is 10.5. The first kappa shape index (κ1) is 18.1. The van der Waals surface area contributed by atoms with Crippen LogP contribution in [0.3, 0.4) is 0 Å². The van der Waals surface area contributed by atoms with Crippen molar-refractivity contribution in [1.82, 2.24) is 0 Å². The molecule has 0 saturated carbocycles. The fraction of sp³-hybridized carbons (Fsp3) is 0.250. The van der Waals surface area contributed by atoms with Gasteiger partial charge in [-0.15, -0.1) is 11.6 Å². The van der Waals surface area contributed by atoms with E-state index in [1.807, 2.05) is 18.2 Å². The van der Waals surface area contributed by atoms with Crippen LogP contribution in [0.2, 0.25) is 0 Å². The van der Waals surface area contributed by atoms with Crippen molar-refractivity contribution >= 4 is 28.9 Å². The van der Waals surface area contributed by atoms with Crippen LogP contribution in [0.1, 0.15) is 26.3 Å². The van der Waals surface area contributed by atoms with Crippen molar-refractivity contribution in [1.29, 1.82) is 0 Å². The number of hydrogen-bond donors (Lipinski definition) is 0. The first-order valence-electron chi connectivity index (χ1n) is 8.14. The second-order valence-corrected chi connectivity index (χ2v) is 6.24. The van der Waals surface area contributed by atoms with Crippen molar-refractivity contribution in [2.75, 3.05) is 20.8 Å². The van der Waals surface area contributed by atoms with E-state index in [9.17, 15) is 9.59 Å². The van der Waals surface area contributed by atoms with E-state index in [-0.39, 0.29) is 17.3 Å². The Morgan fingerprint density at radius 2 is 1.69 bits per heavy atom. The van der Waals surface area contributed by atoms with Crippen LogP contribution in [0, 0.1) is 0 Å². The quantitative estimate of drug-likeness (QED) is 0.756. The molecule has 0 aliphatic heterocycles. The standard InChI is InChI=1S/C20H18ClNO4/c1-25-15-8-7-12(11-16(15)26-2)9-10-22-18-17(21)19(23)13-5-3-4-6-14(13)20(18)24/h3-8,11,17H,9-10H2,1-2H3. The zero-order valence-electron chi connectivity index (χ0n) is 14.5. The van der Waals surface area contributed by atoms with Gasteiger partial charge in [0.25, 0.3) is 0 Å². The van der Waals surface area contributed by atoms with Gasteiger partial charge in [0.2, 0.25) is 5.78 Å². The Balaban J connectivity index is 1.79. The van der Waals surface area contributed by atoms with E-state index in [4.69, 9.17) is 21.1 Å². The second kappa shape index (κ2) is 7.70. The van der Waals surface area contributed by atoms with E-state index >= 15 is 0 Å². The Labute approximate surface area is 156 Å². The van der Waals surface area contributed by atoms with Crippen LogP contribution in [0.4, 0.5) is 0 Å². The van der Waals surface area contributed by atoms with Gasteiger partial charge in [0.05, 0.1) is 14.2 Å². The van der Waals surface area contributed by atoms with Crippen LogP contribution in [0.15, 0.2) is 47.5 Å². The zero-order valence-corrected chi connectivity index (χ0v) is 15.2. The molecule has 0 N–H and O–H groups in total. The van der Waals surface area contributed by atoms with Gasteiger partial charge >= 0.3 is 0 Å². The maximum atomic E-state index is 12.6. The van der Waals surface area contributed by atoms with Crippen molar-refractivity contribution in [2.24, 2.45) is 4.99 Å². The predicted octanol–water partition coefficient (Wildman–Crippen LogP) is 3.37. The van der Waals surface area contributed by atoms with Gasteiger partial charge in [0.1, 0.15) is 11.1 Å². The Hall–Kier alpha value is -2.66. The molecule has 0 amide bonds. The summed E-state index contributed by atoms with van der Waals surface area (Å²) in [6, 6.07) is 12.3. The van der Waals surface area contributed by atoms with Crippen LogP contribution in [-0.2, 0) is 6.42 Å². The molecule has 6 heteroatoms. The number of rotatable bonds is 5. The number of fused-ring (bicyclic) bond motifs is 1. The van der Waals surface area contributed by atoms with E-state index in [0.29, 0.717) is 35.6 Å². The molecule has 0 heterocycles. The summed E-state index contributed by atoms with van der Waals surface area (Å²) >= 11 is 6.19. The third-order valence-corrected chi connectivity index (χ3v) is 4.68. The van der Waals surface area contributed by atoms with Crippen LogP contribution in [-0.4, -0.2) is 43.4 Å². The average molecular weight is 372 g/mol. The number of aliphatic imine (C=N–C) groups is 1. The normalized spacial score (nSPS) is 18.0. The molecular weight excluding hydrogens is 354 g/mol. The minimum absolute atomic E-state index is 0.107. The molecule has 0 spiro atoms. The number of carbonyl (C=O) groups excluding carboxylic acids is 2. The van der Waals surface area contributed by atoms with Crippen molar-refractivity contribution < 1.29 is 19.1 Å². The summed E-state index contributed by atoms with van der Waals surface area (Å²) in [6.07, 6.45) is 0.580. The van der Waals surface area contributed by atoms with E-state index in [0.717, 1.165) is 5.56 Å². The molecule has 0 saturated heterocycles. The highest BCUT2D eigenvalue weighted by atomic mass is 35.5. The summed E-state index contributed by atoms with van der Waals surface area (Å²) in [5.41, 5.74) is 1.81. The molecule has 5 nitrogen and oxygen atoms in total. The molecule has 1 aliphatic carbocycles. The molecule has 1 atom stereocenters. The lowest BCUT2D eigenvalue weighted by atomic mass is 9.88. The second-order valence-electron chi connectivity index (χ2n) is 5.81. The highest BCUT2D eigenvalue weighted by Crippen LogP contribution is 2.28. The molecule has 2 aromatic carbocycles. The monoisotopic (exact) mass is 371 g/mol. The van der Waals surface area contributed by atoms with E-state index in [1.165, 1.54) is 0 Å². The molecule has 134 valence electrons. The Kier molecular flexibility index (Phi) is 5.38. The van der Waals surface area contributed by atoms with Gasteiger partial charge in [-0.2, -0.15) is 0 Å². The number of ether oxygens (including phenoxy) is 2. The number of Topliss-reactive ketones (excluding diaryl/α,β-unsaturated/α-hetero) is 2. The van der Waals surface area contributed by atoms with Crippen molar-refractivity contribution in [3.8, 4) is 11.5 Å². The SMILES string of the molecule is COc1ccc(CCN=C2C(=O)c3ccccc3C(=O)C2Cl)cc1OC. The van der Waals surface area contributed by atoms with E-state index in [2.05, 4.69) is 4.99 Å². The summed E-state index contributed by atoms with van der Waals surface area (Å²) in [5, 5.41) is -1.04. The zero-order chi connectivity index (χ0) is 18.7. The lowest BCUT2D eigenvalue weighted by Crippen LogP contribution is -2.38. The summed E-state index contributed by atoms with van der Waals surface area (Å²) in [4.78, 5) is 29.3. The topological polar surface area (TPSA) is 65.0 Å². The van der Waals surface area contributed by atoms with E-state index in [1.54, 1.807) is 38.5 Å². The highest BCUT2D eigenvalue weighted by Gasteiger charge is 2.36. The smallest absolute Gasteiger partial charge is 0.209 e. The Morgan fingerprint density at radius 1 is 1.00 bits per heavy atom. The number of methoxy groups -OCH3 is 2. The summed E-state index contributed by atoms with van der Waals surface area (Å²) in [6.45, 7) is 0.342. The predicted molar refractivity (Wildman–Crippen MR) is 100 cm³/mol. The first-order valence-corrected chi connectivity index (χ1v) is 8.57. The Bertz CT molecular complexity index is 891. The van der Waals surface area contributed by atoms with Crippen molar-refractivity contribution in [3.63, 3.8) is 0 Å². The summed E-state index contributed by atoms with van der Waals surface area (Å²) in [5.74, 6) is 0.706. The van der Waals surface area contributed by atoms with Gasteiger partial charge < -0.3 is 9.47 Å². The third-order valence-electron chi connectivity index (χ3n) is 4.27. The fourth-order valence-electron chi connectivity index (χ4n) is 2.90. The summed E-state index contributed by atoms with van der Waals surface area (Å²) in [7, 11) is 3.15. The number of alkyl halides is 1. The van der Waals surface area contributed by atoms with Gasteiger partial charge in [-0.25, -0.2) is 0 Å². The molecule has 0 fully saturated rings. The molecular formula is C20H18ClNO4. The molecule has 1 aliphatic rings. The minimum atomic E-state index is -1.04. The number of carbonyl (C=O) groups is 2. The molecule has 2 aromatic rings. The molecule has 26 heavy (non-hydrogen) atoms. The molecule has 0 aromatic heterocycles. The average Bonchev–Trinajstić information content (AvgIpc) is 2.68. The number of benzene rings is 2. The molecule has 0 radical (unpaired) electrons. The fourth-order valence-corrected chi connectivity index (χ4v) is 3.19. The van der Waals surface area contributed by atoms with Crippen molar-refractivity contribution in [3.05, 3.63) is 59.2 Å². The number of nitrogens with zero attached hydrogens (tertiary/aromatic N) is 1.